The second-order valence-electron chi connectivity index (χ2n) is 8.12. The number of pyridine rings is 1. The van der Waals surface area contributed by atoms with E-state index in [9.17, 15) is 18.0 Å². The molecule has 0 saturated carbocycles. The van der Waals surface area contributed by atoms with Crippen LogP contribution in [0.15, 0.2) is 29.1 Å². The summed E-state index contributed by atoms with van der Waals surface area (Å²) in [7, 11) is 1.73. The highest BCUT2D eigenvalue weighted by atomic mass is 19.3. The van der Waals surface area contributed by atoms with Gasteiger partial charge in [0.25, 0.3) is 12.0 Å². The van der Waals surface area contributed by atoms with Crippen LogP contribution in [0.1, 0.15) is 60.8 Å². The van der Waals surface area contributed by atoms with Gasteiger partial charge in [0.15, 0.2) is 0 Å². The minimum atomic E-state index is -2.91. The summed E-state index contributed by atoms with van der Waals surface area (Å²) >= 11 is 0. The molecule has 1 atom stereocenters. The largest absolute Gasteiger partial charge is 0.381 e. The minimum Gasteiger partial charge on any atom is -0.381 e. The Hall–Kier alpha value is -2.94. The number of anilines is 1. The van der Waals surface area contributed by atoms with Gasteiger partial charge in [-0.2, -0.15) is 0 Å². The Labute approximate surface area is 183 Å². The number of benzene rings is 1. The Morgan fingerprint density at radius 3 is 2.56 bits per heavy atom. The van der Waals surface area contributed by atoms with E-state index >= 15 is 0 Å². The van der Waals surface area contributed by atoms with E-state index in [1.54, 1.807) is 25.5 Å². The molecule has 1 fully saturated rings. The summed E-state index contributed by atoms with van der Waals surface area (Å²) in [6.07, 6.45) is -1.30. The topological polar surface area (TPSA) is 69.0 Å². The van der Waals surface area contributed by atoms with Gasteiger partial charge in [0, 0.05) is 37.4 Å². The number of aryl methyl sites for hydroxylation is 1. The van der Waals surface area contributed by atoms with E-state index in [0.717, 1.165) is 24.6 Å². The number of hydrogen-bond donors (Lipinski definition) is 1. The van der Waals surface area contributed by atoms with E-state index in [2.05, 4.69) is 15.3 Å². The monoisotopic (exact) mass is 446 g/mol. The Kier molecular flexibility index (Phi) is 6.19. The molecule has 0 amide bonds. The molecule has 1 aliphatic heterocycles. The first-order valence-corrected chi connectivity index (χ1v) is 10.6. The maximum Gasteiger partial charge on any atom is 0.277 e. The molecule has 2 aromatic heterocycles. The van der Waals surface area contributed by atoms with Crippen molar-refractivity contribution in [2.75, 3.05) is 18.5 Å². The highest BCUT2D eigenvalue weighted by Gasteiger charge is 2.23. The summed E-state index contributed by atoms with van der Waals surface area (Å²) < 4.78 is 48.0. The molecule has 0 aliphatic carbocycles. The number of ether oxygens (including phenoxy) is 1. The third-order valence-electron chi connectivity index (χ3n) is 6.00. The zero-order valence-electron chi connectivity index (χ0n) is 18.2. The molecule has 1 N–H and O–H groups in total. The molecule has 4 rings (SSSR count). The lowest BCUT2D eigenvalue weighted by Crippen LogP contribution is -2.26. The van der Waals surface area contributed by atoms with Gasteiger partial charge < -0.3 is 14.6 Å². The lowest BCUT2D eigenvalue weighted by Gasteiger charge is -2.25. The summed E-state index contributed by atoms with van der Waals surface area (Å²) in [4.78, 5) is 21.9. The molecule has 0 bridgehead atoms. The fraction of sp³-hybridized carbons (Fsp3) is 0.435. The summed E-state index contributed by atoms with van der Waals surface area (Å²) in [6, 6.07) is 5.17. The minimum absolute atomic E-state index is 0.0979. The highest BCUT2D eigenvalue weighted by molar-refractivity contribution is 5.89. The van der Waals surface area contributed by atoms with E-state index in [0.29, 0.717) is 30.2 Å². The fourth-order valence-electron chi connectivity index (χ4n) is 4.25. The molecule has 1 aromatic carbocycles. The van der Waals surface area contributed by atoms with Crippen molar-refractivity contribution in [3.63, 3.8) is 0 Å². The molecule has 0 unspecified atom stereocenters. The number of nitrogens with one attached hydrogen (secondary N) is 1. The van der Waals surface area contributed by atoms with Crippen LogP contribution in [0.25, 0.3) is 10.9 Å². The number of fused-ring (bicyclic) bond motifs is 1. The molecule has 170 valence electrons. The summed E-state index contributed by atoms with van der Waals surface area (Å²) in [5, 5.41) is 3.64. The predicted molar refractivity (Wildman–Crippen MR) is 116 cm³/mol. The van der Waals surface area contributed by atoms with Crippen molar-refractivity contribution in [3.8, 4) is 0 Å². The maximum absolute atomic E-state index is 14.7. The van der Waals surface area contributed by atoms with Gasteiger partial charge in [-0.25, -0.2) is 23.1 Å². The Bertz CT molecular complexity index is 1210. The van der Waals surface area contributed by atoms with Crippen LogP contribution in [0, 0.1) is 12.7 Å². The van der Waals surface area contributed by atoms with Crippen LogP contribution in [-0.2, 0) is 11.8 Å². The first kappa shape index (κ1) is 22.3. The average molecular weight is 446 g/mol. The number of hydrogen-bond acceptors (Lipinski definition) is 5. The molecule has 9 heteroatoms. The Balaban J connectivity index is 1.79. The molecular formula is C23H25F3N4O2. The van der Waals surface area contributed by atoms with Gasteiger partial charge >= 0.3 is 0 Å². The number of rotatable bonds is 5. The van der Waals surface area contributed by atoms with Gasteiger partial charge in [-0.1, -0.05) is 18.2 Å². The Morgan fingerprint density at radius 1 is 1.19 bits per heavy atom. The van der Waals surface area contributed by atoms with E-state index in [1.807, 2.05) is 6.07 Å². The number of nitrogens with zero attached hydrogens (tertiary/aromatic N) is 3. The van der Waals surface area contributed by atoms with Gasteiger partial charge in [0.2, 0.25) is 0 Å². The number of halogens is 3. The van der Waals surface area contributed by atoms with Gasteiger partial charge in [-0.15, -0.1) is 0 Å². The second kappa shape index (κ2) is 8.90. The molecule has 1 aliphatic rings. The van der Waals surface area contributed by atoms with Gasteiger partial charge in [-0.05, 0) is 32.8 Å². The summed E-state index contributed by atoms with van der Waals surface area (Å²) in [6.45, 7) is 4.59. The van der Waals surface area contributed by atoms with Crippen LogP contribution in [-0.4, -0.2) is 27.7 Å². The van der Waals surface area contributed by atoms with E-state index in [-0.39, 0.29) is 22.6 Å². The highest BCUT2D eigenvalue weighted by Crippen LogP contribution is 2.32. The first-order valence-electron chi connectivity index (χ1n) is 10.6. The van der Waals surface area contributed by atoms with Crippen molar-refractivity contribution in [1.82, 2.24) is 14.5 Å². The van der Waals surface area contributed by atoms with Crippen LogP contribution in [0.2, 0.25) is 0 Å². The second-order valence-corrected chi connectivity index (χ2v) is 8.12. The van der Waals surface area contributed by atoms with Crippen molar-refractivity contribution in [2.24, 2.45) is 7.05 Å². The standard InChI is InChI=1S/C23H25F3N4O2/c1-12(15-5-4-6-16(19(15)24)21(25)26)27-22-17-11-18(14-7-9-32-10-8-14)30(3)23(31)20(17)28-13(2)29-22/h4-6,11-12,14,21H,7-10H2,1-3H3,(H,27,28,29)/t12-/m1/s1. The quantitative estimate of drug-likeness (QED) is 0.611. The molecule has 6 nitrogen and oxygen atoms in total. The van der Waals surface area contributed by atoms with E-state index in [4.69, 9.17) is 4.74 Å². The van der Waals surface area contributed by atoms with Gasteiger partial charge in [0.05, 0.1) is 17.0 Å². The summed E-state index contributed by atoms with van der Waals surface area (Å²) in [5.74, 6) is -0.0354. The summed E-state index contributed by atoms with van der Waals surface area (Å²) in [5.41, 5.74) is 0.333. The lowest BCUT2D eigenvalue weighted by atomic mass is 9.94. The SMILES string of the molecule is Cc1nc(N[C@H](C)c2cccc(C(F)F)c2F)c2cc(C3CCOCC3)n(C)c(=O)c2n1. The van der Waals surface area contributed by atoms with Crippen molar-refractivity contribution in [2.45, 2.75) is 45.1 Å². The van der Waals surface area contributed by atoms with E-state index < -0.39 is 23.8 Å². The van der Waals surface area contributed by atoms with E-state index in [1.165, 1.54) is 12.1 Å². The van der Waals surface area contributed by atoms with Crippen LogP contribution < -0.4 is 10.9 Å². The Morgan fingerprint density at radius 2 is 1.88 bits per heavy atom. The van der Waals surface area contributed by atoms with Gasteiger partial charge in [-0.3, -0.25) is 4.79 Å². The molecule has 3 heterocycles. The fourth-order valence-corrected chi connectivity index (χ4v) is 4.25. The molecule has 3 aromatic rings. The zero-order valence-corrected chi connectivity index (χ0v) is 18.2. The predicted octanol–water partition coefficient (Wildman–Crippen LogP) is 4.78. The van der Waals surface area contributed by atoms with Crippen LogP contribution in [0.4, 0.5) is 19.0 Å². The molecule has 1 saturated heterocycles. The van der Waals surface area contributed by atoms with Gasteiger partial charge in [0.1, 0.15) is 23.0 Å². The molecule has 0 radical (unpaired) electrons. The normalized spacial score (nSPS) is 16.0. The molecule has 32 heavy (non-hydrogen) atoms. The van der Waals surface area contributed by atoms with Crippen LogP contribution in [0.5, 0.6) is 0 Å². The zero-order chi connectivity index (χ0) is 23.0. The number of aromatic nitrogens is 3. The van der Waals surface area contributed by atoms with Crippen LogP contribution >= 0.6 is 0 Å². The van der Waals surface area contributed by atoms with Crippen molar-refractivity contribution in [3.05, 3.63) is 63.1 Å². The average Bonchev–Trinajstić information content (AvgIpc) is 2.77. The van der Waals surface area contributed by atoms with Crippen molar-refractivity contribution >= 4 is 16.7 Å². The molecular weight excluding hydrogens is 421 g/mol. The van der Waals surface area contributed by atoms with Crippen molar-refractivity contribution < 1.29 is 17.9 Å². The molecule has 0 spiro atoms. The maximum atomic E-state index is 14.7. The number of alkyl halides is 2. The third kappa shape index (κ3) is 4.09. The third-order valence-corrected chi connectivity index (χ3v) is 6.00. The van der Waals surface area contributed by atoms with Crippen molar-refractivity contribution in [1.29, 1.82) is 0 Å². The smallest absolute Gasteiger partial charge is 0.277 e. The van der Waals surface area contributed by atoms with Crippen LogP contribution in [0.3, 0.4) is 0 Å². The first-order chi connectivity index (χ1) is 15.3. The lowest BCUT2D eigenvalue weighted by molar-refractivity contribution is 0.0838.